The van der Waals surface area contributed by atoms with Gasteiger partial charge in [-0.15, -0.1) is 0 Å². The van der Waals surface area contributed by atoms with Crippen LogP contribution in [0.1, 0.15) is 32.1 Å². The molecule has 0 unspecified atom stereocenters. The first-order valence-electron chi connectivity index (χ1n) is 8.67. The summed E-state index contributed by atoms with van der Waals surface area (Å²) in [5.74, 6) is 1.01. The number of hydrogen-bond acceptors (Lipinski definition) is 4. The SMILES string of the molecule is NC(=O)CC1CCN(C(=O)Nc2ccc(N3CCCC3)nc2)CC1. The van der Waals surface area contributed by atoms with Crippen molar-refractivity contribution in [1.82, 2.24) is 9.88 Å². The van der Waals surface area contributed by atoms with Crippen molar-refractivity contribution >= 4 is 23.4 Å². The van der Waals surface area contributed by atoms with Crippen molar-refractivity contribution < 1.29 is 9.59 Å². The van der Waals surface area contributed by atoms with Crippen molar-refractivity contribution in [3.63, 3.8) is 0 Å². The van der Waals surface area contributed by atoms with Crippen molar-refractivity contribution in [2.75, 3.05) is 36.4 Å². The minimum Gasteiger partial charge on any atom is -0.370 e. The van der Waals surface area contributed by atoms with Crippen LogP contribution in [-0.4, -0.2) is 48.0 Å². The molecule has 24 heavy (non-hydrogen) atoms. The van der Waals surface area contributed by atoms with Gasteiger partial charge in [-0.2, -0.15) is 0 Å². The third-order valence-electron chi connectivity index (χ3n) is 4.82. The molecule has 2 saturated heterocycles. The Labute approximate surface area is 142 Å². The van der Waals surface area contributed by atoms with Crippen LogP contribution in [0.5, 0.6) is 0 Å². The first-order chi connectivity index (χ1) is 11.6. The molecular formula is C17H25N5O2. The van der Waals surface area contributed by atoms with E-state index >= 15 is 0 Å². The number of nitrogens with two attached hydrogens (primary N) is 1. The van der Waals surface area contributed by atoms with Gasteiger partial charge in [0.2, 0.25) is 5.91 Å². The van der Waals surface area contributed by atoms with Crippen LogP contribution < -0.4 is 16.0 Å². The number of hydrogen-bond donors (Lipinski definition) is 2. The highest BCUT2D eigenvalue weighted by atomic mass is 16.2. The van der Waals surface area contributed by atoms with E-state index in [9.17, 15) is 9.59 Å². The molecule has 130 valence electrons. The third-order valence-corrected chi connectivity index (χ3v) is 4.82. The lowest BCUT2D eigenvalue weighted by Crippen LogP contribution is -2.41. The summed E-state index contributed by atoms with van der Waals surface area (Å²) >= 11 is 0. The Hall–Kier alpha value is -2.31. The van der Waals surface area contributed by atoms with E-state index in [0.717, 1.165) is 31.7 Å². The molecular weight excluding hydrogens is 306 g/mol. The molecule has 2 fully saturated rings. The van der Waals surface area contributed by atoms with Crippen molar-refractivity contribution in [1.29, 1.82) is 0 Å². The predicted octanol–water partition coefficient (Wildman–Crippen LogP) is 1.80. The standard InChI is InChI=1S/C17H25N5O2/c18-15(23)11-13-5-9-22(10-6-13)17(24)20-14-3-4-16(19-12-14)21-7-1-2-8-21/h3-4,12-13H,1-2,5-11H2,(H2,18,23)(H,20,24). The molecule has 7 heteroatoms. The number of amides is 3. The molecule has 1 aromatic heterocycles. The van der Waals surface area contributed by atoms with Crippen LogP contribution in [0.4, 0.5) is 16.3 Å². The Morgan fingerprint density at radius 3 is 2.46 bits per heavy atom. The second-order valence-electron chi connectivity index (χ2n) is 6.63. The fraction of sp³-hybridized carbons (Fsp3) is 0.588. The Kier molecular flexibility index (Phi) is 5.17. The van der Waals surface area contributed by atoms with Gasteiger partial charge in [-0.1, -0.05) is 0 Å². The minimum atomic E-state index is -0.262. The Morgan fingerprint density at radius 2 is 1.88 bits per heavy atom. The number of carbonyl (C=O) groups is 2. The molecule has 3 heterocycles. The number of likely N-dealkylation sites (tertiary alicyclic amines) is 1. The number of nitrogens with zero attached hydrogens (tertiary/aromatic N) is 3. The van der Waals surface area contributed by atoms with E-state index in [-0.39, 0.29) is 11.9 Å². The fourth-order valence-corrected chi connectivity index (χ4v) is 3.42. The second kappa shape index (κ2) is 7.51. The molecule has 7 nitrogen and oxygen atoms in total. The van der Waals surface area contributed by atoms with Gasteiger partial charge in [0.25, 0.3) is 0 Å². The lowest BCUT2D eigenvalue weighted by Gasteiger charge is -2.31. The summed E-state index contributed by atoms with van der Waals surface area (Å²) in [6.45, 7) is 3.42. The fourth-order valence-electron chi connectivity index (χ4n) is 3.42. The summed E-state index contributed by atoms with van der Waals surface area (Å²) in [6, 6.07) is 3.75. The minimum absolute atomic E-state index is 0.108. The predicted molar refractivity (Wildman–Crippen MR) is 92.8 cm³/mol. The number of anilines is 2. The van der Waals surface area contributed by atoms with E-state index in [2.05, 4.69) is 15.2 Å². The number of pyridine rings is 1. The average Bonchev–Trinajstić information content (AvgIpc) is 3.10. The molecule has 0 saturated carbocycles. The molecule has 0 aromatic carbocycles. The lowest BCUT2D eigenvalue weighted by molar-refractivity contribution is -0.119. The molecule has 0 spiro atoms. The normalized spacial score (nSPS) is 18.7. The van der Waals surface area contributed by atoms with E-state index in [1.807, 2.05) is 12.1 Å². The van der Waals surface area contributed by atoms with E-state index in [0.29, 0.717) is 31.1 Å². The van der Waals surface area contributed by atoms with Crippen LogP contribution in [0.15, 0.2) is 18.3 Å². The van der Waals surface area contributed by atoms with E-state index in [1.165, 1.54) is 12.8 Å². The van der Waals surface area contributed by atoms with Gasteiger partial charge < -0.3 is 20.9 Å². The highest BCUT2D eigenvalue weighted by Crippen LogP contribution is 2.22. The zero-order valence-corrected chi connectivity index (χ0v) is 13.9. The summed E-state index contributed by atoms with van der Waals surface area (Å²) in [7, 11) is 0. The summed E-state index contributed by atoms with van der Waals surface area (Å²) in [5, 5.41) is 2.90. The van der Waals surface area contributed by atoms with Crippen LogP contribution in [0.2, 0.25) is 0 Å². The van der Waals surface area contributed by atoms with Gasteiger partial charge in [0.1, 0.15) is 5.82 Å². The highest BCUT2D eigenvalue weighted by molar-refractivity contribution is 5.89. The molecule has 0 atom stereocenters. The maximum Gasteiger partial charge on any atom is 0.321 e. The van der Waals surface area contributed by atoms with Gasteiger partial charge in [-0.3, -0.25) is 4.79 Å². The van der Waals surface area contributed by atoms with Crippen LogP contribution in [0.3, 0.4) is 0 Å². The zero-order valence-electron chi connectivity index (χ0n) is 13.9. The number of aromatic nitrogens is 1. The van der Waals surface area contributed by atoms with Crippen molar-refractivity contribution in [3.05, 3.63) is 18.3 Å². The Morgan fingerprint density at radius 1 is 1.17 bits per heavy atom. The lowest BCUT2D eigenvalue weighted by atomic mass is 9.93. The summed E-state index contributed by atoms with van der Waals surface area (Å²) in [6.07, 6.45) is 6.20. The molecule has 2 aliphatic heterocycles. The molecule has 0 aliphatic carbocycles. The number of piperidine rings is 1. The first kappa shape index (κ1) is 16.5. The highest BCUT2D eigenvalue weighted by Gasteiger charge is 2.24. The zero-order chi connectivity index (χ0) is 16.9. The number of nitrogens with one attached hydrogen (secondary N) is 1. The van der Waals surface area contributed by atoms with Crippen LogP contribution >= 0.6 is 0 Å². The van der Waals surface area contributed by atoms with E-state index in [1.54, 1.807) is 11.1 Å². The topological polar surface area (TPSA) is 91.6 Å². The molecule has 3 amide bonds. The van der Waals surface area contributed by atoms with Gasteiger partial charge in [-0.25, -0.2) is 9.78 Å². The second-order valence-corrected chi connectivity index (χ2v) is 6.63. The molecule has 0 bridgehead atoms. The van der Waals surface area contributed by atoms with Crippen LogP contribution in [-0.2, 0) is 4.79 Å². The maximum atomic E-state index is 12.3. The summed E-state index contributed by atoms with van der Waals surface area (Å²) < 4.78 is 0. The smallest absolute Gasteiger partial charge is 0.321 e. The molecule has 3 rings (SSSR count). The molecule has 0 radical (unpaired) electrons. The largest absolute Gasteiger partial charge is 0.370 e. The number of urea groups is 1. The van der Waals surface area contributed by atoms with Gasteiger partial charge in [0, 0.05) is 32.6 Å². The maximum absolute atomic E-state index is 12.3. The van der Waals surface area contributed by atoms with E-state index < -0.39 is 0 Å². The third kappa shape index (κ3) is 4.15. The molecule has 2 aliphatic rings. The molecule has 3 N–H and O–H groups in total. The Bertz CT molecular complexity index is 575. The quantitative estimate of drug-likeness (QED) is 0.880. The van der Waals surface area contributed by atoms with Gasteiger partial charge >= 0.3 is 6.03 Å². The van der Waals surface area contributed by atoms with Crippen molar-refractivity contribution in [2.24, 2.45) is 11.7 Å². The summed E-state index contributed by atoms with van der Waals surface area (Å²) in [4.78, 5) is 31.8. The number of primary amides is 1. The molecule has 1 aromatic rings. The number of rotatable bonds is 4. The van der Waals surface area contributed by atoms with Gasteiger partial charge in [0.05, 0.1) is 11.9 Å². The average molecular weight is 331 g/mol. The Balaban J connectivity index is 1.49. The van der Waals surface area contributed by atoms with Crippen LogP contribution in [0, 0.1) is 5.92 Å². The van der Waals surface area contributed by atoms with Crippen molar-refractivity contribution in [3.8, 4) is 0 Å². The monoisotopic (exact) mass is 331 g/mol. The summed E-state index contributed by atoms with van der Waals surface area (Å²) in [5.41, 5.74) is 5.95. The van der Waals surface area contributed by atoms with Crippen LogP contribution in [0.25, 0.3) is 0 Å². The van der Waals surface area contributed by atoms with Gasteiger partial charge in [0.15, 0.2) is 0 Å². The van der Waals surface area contributed by atoms with Crippen molar-refractivity contribution in [2.45, 2.75) is 32.1 Å². The van der Waals surface area contributed by atoms with Gasteiger partial charge in [-0.05, 0) is 43.7 Å². The number of carbonyl (C=O) groups excluding carboxylic acids is 2. The first-order valence-corrected chi connectivity index (χ1v) is 8.67. The van der Waals surface area contributed by atoms with E-state index in [4.69, 9.17) is 5.73 Å².